The van der Waals surface area contributed by atoms with Crippen molar-refractivity contribution in [3.63, 3.8) is 0 Å². The second kappa shape index (κ2) is 13.6. The molecular formula is C29H43N3O4. The van der Waals surface area contributed by atoms with Gasteiger partial charge < -0.3 is 30.1 Å². The summed E-state index contributed by atoms with van der Waals surface area (Å²) in [7, 11) is 3.57. The van der Waals surface area contributed by atoms with Gasteiger partial charge in [-0.15, -0.1) is 0 Å². The number of piperidine rings is 1. The number of hydrogen-bond acceptors (Lipinski definition) is 5. The minimum atomic E-state index is -1.14. The molecule has 3 atom stereocenters. The molecule has 3 N–H and O–H groups in total. The number of carbonyl (C=O) groups excluding carboxylic acids is 1. The lowest BCUT2D eigenvalue weighted by molar-refractivity contribution is -0.0574. The number of nitrogens with one attached hydrogen (secondary N) is 2. The third-order valence-electron chi connectivity index (χ3n) is 7.09. The van der Waals surface area contributed by atoms with Crippen LogP contribution in [0.4, 0.5) is 4.79 Å². The average molecular weight is 498 g/mol. The minimum absolute atomic E-state index is 0.0269. The number of urea groups is 1. The highest BCUT2D eigenvalue weighted by Crippen LogP contribution is 2.44. The maximum absolute atomic E-state index is 13.0. The van der Waals surface area contributed by atoms with Crippen LogP contribution in [0.2, 0.25) is 0 Å². The van der Waals surface area contributed by atoms with E-state index in [0.29, 0.717) is 38.4 Å². The van der Waals surface area contributed by atoms with Gasteiger partial charge in [-0.05, 0) is 70.7 Å². The SMILES string of the molecule is CNC[C@H](C)NC(=O)N1CCC[C@@H]([C@@](O)(CCCCOC)c2ccccc2Oc2ccccc2C)C1. The number of likely N-dealkylation sites (N-methyl/N-ethyl adjacent to an activating group) is 1. The fourth-order valence-electron chi connectivity index (χ4n) is 5.11. The zero-order valence-corrected chi connectivity index (χ0v) is 22.3. The maximum atomic E-state index is 13.0. The predicted octanol–water partition coefficient (Wildman–Crippen LogP) is 4.82. The van der Waals surface area contributed by atoms with Gasteiger partial charge in [-0.1, -0.05) is 36.4 Å². The van der Waals surface area contributed by atoms with E-state index in [1.807, 2.05) is 74.3 Å². The number of methoxy groups -OCH3 is 1. The zero-order valence-electron chi connectivity index (χ0n) is 22.3. The molecule has 3 rings (SSSR count). The Morgan fingerprint density at radius 3 is 2.61 bits per heavy atom. The summed E-state index contributed by atoms with van der Waals surface area (Å²) in [5, 5.41) is 18.6. The van der Waals surface area contributed by atoms with E-state index in [1.54, 1.807) is 7.11 Å². The first-order valence-electron chi connectivity index (χ1n) is 13.1. The molecule has 0 aliphatic carbocycles. The van der Waals surface area contributed by atoms with E-state index < -0.39 is 5.60 Å². The summed E-state index contributed by atoms with van der Waals surface area (Å²) in [5.41, 5.74) is 0.677. The van der Waals surface area contributed by atoms with Crippen LogP contribution < -0.4 is 15.4 Å². The average Bonchev–Trinajstić information content (AvgIpc) is 2.88. The third-order valence-corrected chi connectivity index (χ3v) is 7.09. The Labute approximate surface area is 216 Å². The first-order chi connectivity index (χ1) is 17.4. The summed E-state index contributed by atoms with van der Waals surface area (Å²) in [4.78, 5) is 14.9. The van der Waals surface area contributed by atoms with Crippen molar-refractivity contribution in [3.05, 3.63) is 59.7 Å². The topological polar surface area (TPSA) is 83.1 Å². The van der Waals surface area contributed by atoms with Gasteiger partial charge in [-0.25, -0.2) is 4.79 Å². The number of benzene rings is 2. The lowest BCUT2D eigenvalue weighted by Crippen LogP contribution is -2.53. The number of aliphatic hydroxyl groups is 1. The number of unbranched alkanes of at least 4 members (excludes halogenated alkanes) is 1. The van der Waals surface area contributed by atoms with Crippen molar-refractivity contribution in [3.8, 4) is 11.5 Å². The Hall–Kier alpha value is -2.61. The van der Waals surface area contributed by atoms with E-state index in [4.69, 9.17) is 9.47 Å². The van der Waals surface area contributed by atoms with Gasteiger partial charge in [0, 0.05) is 50.9 Å². The third kappa shape index (κ3) is 7.21. The van der Waals surface area contributed by atoms with Gasteiger partial charge in [0.15, 0.2) is 0 Å². The molecule has 1 aliphatic heterocycles. The van der Waals surface area contributed by atoms with Gasteiger partial charge in [0.1, 0.15) is 11.5 Å². The van der Waals surface area contributed by atoms with E-state index in [0.717, 1.165) is 42.6 Å². The molecule has 1 aliphatic rings. The van der Waals surface area contributed by atoms with Crippen LogP contribution in [0.1, 0.15) is 50.2 Å². The molecule has 2 aromatic rings. The predicted molar refractivity (Wildman–Crippen MR) is 144 cm³/mol. The fourth-order valence-corrected chi connectivity index (χ4v) is 5.11. The number of ether oxygens (including phenoxy) is 2. The van der Waals surface area contributed by atoms with E-state index in [1.165, 1.54) is 0 Å². The first kappa shape index (κ1) is 28.0. The highest BCUT2D eigenvalue weighted by molar-refractivity contribution is 5.74. The van der Waals surface area contributed by atoms with E-state index in [2.05, 4.69) is 10.6 Å². The Morgan fingerprint density at radius 2 is 1.89 bits per heavy atom. The maximum Gasteiger partial charge on any atom is 0.317 e. The molecule has 0 aromatic heterocycles. The number of likely N-dealkylation sites (tertiary alicyclic amines) is 1. The number of amides is 2. The van der Waals surface area contributed by atoms with Gasteiger partial charge >= 0.3 is 6.03 Å². The number of nitrogens with zero attached hydrogens (tertiary/aromatic N) is 1. The smallest absolute Gasteiger partial charge is 0.317 e. The molecule has 7 nitrogen and oxygen atoms in total. The molecule has 1 fully saturated rings. The molecule has 2 amide bonds. The number of aryl methyl sites for hydroxylation is 1. The molecule has 36 heavy (non-hydrogen) atoms. The zero-order chi connectivity index (χ0) is 26.0. The molecule has 2 aromatic carbocycles. The summed E-state index contributed by atoms with van der Waals surface area (Å²) >= 11 is 0. The molecule has 7 heteroatoms. The van der Waals surface area contributed by atoms with Crippen LogP contribution in [0.25, 0.3) is 0 Å². The standard InChI is InChI=1S/C29H43N3O4/c1-22-12-5-7-15-26(22)36-27-16-8-6-14-25(27)29(34,17-9-10-19-35-4)24-13-11-18-32(21-24)28(33)31-23(2)20-30-3/h5-8,12,14-16,23-24,30,34H,9-11,13,17-21H2,1-4H3,(H,31,33)/t23-,24+,29-/m0/s1. The van der Waals surface area contributed by atoms with Crippen molar-refractivity contribution in [1.82, 2.24) is 15.5 Å². The van der Waals surface area contributed by atoms with Crippen LogP contribution in [0.15, 0.2) is 48.5 Å². The van der Waals surface area contributed by atoms with Crippen LogP contribution in [-0.4, -0.2) is 62.5 Å². The quantitative estimate of drug-likeness (QED) is 0.366. The normalized spacial score (nSPS) is 18.4. The molecule has 1 heterocycles. The Kier molecular flexibility index (Phi) is 10.6. The van der Waals surface area contributed by atoms with Crippen molar-refractivity contribution >= 4 is 6.03 Å². The van der Waals surface area contributed by atoms with E-state index in [9.17, 15) is 9.90 Å². The van der Waals surface area contributed by atoms with Crippen molar-refractivity contribution in [2.75, 3.05) is 40.4 Å². The van der Waals surface area contributed by atoms with Crippen molar-refractivity contribution in [1.29, 1.82) is 0 Å². The first-order valence-corrected chi connectivity index (χ1v) is 13.1. The van der Waals surface area contributed by atoms with Gasteiger partial charge in [0.2, 0.25) is 0 Å². The van der Waals surface area contributed by atoms with E-state index >= 15 is 0 Å². The number of rotatable bonds is 12. The number of hydrogen-bond donors (Lipinski definition) is 3. The van der Waals surface area contributed by atoms with E-state index in [-0.39, 0.29) is 18.0 Å². The van der Waals surface area contributed by atoms with Crippen LogP contribution in [-0.2, 0) is 10.3 Å². The van der Waals surface area contributed by atoms with Crippen LogP contribution in [0.5, 0.6) is 11.5 Å². The van der Waals surface area contributed by atoms with Crippen LogP contribution in [0.3, 0.4) is 0 Å². The van der Waals surface area contributed by atoms with Crippen LogP contribution in [0, 0.1) is 12.8 Å². The summed E-state index contributed by atoms with van der Waals surface area (Å²) in [5.74, 6) is 1.32. The lowest BCUT2D eigenvalue weighted by Gasteiger charge is -2.43. The second-order valence-electron chi connectivity index (χ2n) is 9.93. The summed E-state index contributed by atoms with van der Waals surface area (Å²) < 4.78 is 11.6. The van der Waals surface area contributed by atoms with Gasteiger partial charge in [0.25, 0.3) is 0 Å². The van der Waals surface area contributed by atoms with Crippen molar-refractivity contribution in [2.45, 2.75) is 57.6 Å². The van der Waals surface area contributed by atoms with Crippen LogP contribution >= 0.6 is 0 Å². The molecule has 198 valence electrons. The monoisotopic (exact) mass is 497 g/mol. The highest BCUT2D eigenvalue weighted by Gasteiger charge is 2.43. The molecule has 0 saturated carbocycles. The van der Waals surface area contributed by atoms with Gasteiger partial charge in [-0.3, -0.25) is 0 Å². The molecule has 1 saturated heterocycles. The Balaban J connectivity index is 1.89. The Bertz CT molecular complexity index is 969. The van der Waals surface area contributed by atoms with Crippen molar-refractivity contribution in [2.24, 2.45) is 5.92 Å². The van der Waals surface area contributed by atoms with Gasteiger partial charge in [0.05, 0.1) is 5.60 Å². The summed E-state index contributed by atoms with van der Waals surface area (Å²) in [6, 6.07) is 15.6. The minimum Gasteiger partial charge on any atom is -0.457 e. The molecule has 0 radical (unpaired) electrons. The Morgan fingerprint density at radius 1 is 1.17 bits per heavy atom. The molecular weight excluding hydrogens is 454 g/mol. The van der Waals surface area contributed by atoms with Gasteiger partial charge in [-0.2, -0.15) is 0 Å². The van der Waals surface area contributed by atoms with Crippen molar-refractivity contribution < 1.29 is 19.4 Å². The highest BCUT2D eigenvalue weighted by atomic mass is 16.5. The molecule has 0 bridgehead atoms. The number of carbonyl (C=O) groups is 1. The molecule has 0 spiro atoms. The summed E-state index contributed by atoms with van der Waals surface area (Å²) in [6.45, 7) is 6.55. The fraction of sp³-hybridized carbons (Fsp3) is 0.552. The number of para-hydroxylation sites is 2. The molecule has 0 unspecified atom stereocenters. The summed E-state index contributed by atoms with van der Waals surface area (Å²) in [6.07, 6.45) is 3.93. The lowest BCUT2D eigenvalue weighted by atomic mass is 9.73. The second-order valence-corrected chi connectivity index (χ2v) is 9.93. The largest absolute Gasteiger partial charge is 0.457 e.